The fourth-order valence-electron chi connectivity index (χ4n) is 4.14. The summed E-state index contributed by atoms with van der Waals surface area (Å²) >= 11 is 18.9. The third-order valence-corrected chi connectivity index (χ3v) is 6.55. The summed E-state index contributed by atoms with van der Waals surface area (Å²) in [6.07, 6.45) is 1.92. The van der Waals surface area contributed by atoms with Crippen molar-refractivity contribution in [3.8, 4) is 5.75 Å². The fraction of sp³-hybridized carbons (Fsp3) is 0.273. The molecule has 1 heterocycles. The number of halogens is 3. The molecular weight excluding hydrogens is 433 g/mol. The van der Waals surface area contributed by atoms with E-state index in [0.29, 0.717) is 56.9 Å². The van der Waals surface area contributed by atoms with Gasteiger partial charge < -0.3 is 4.74 Å². The van der Waals surface area contributed by atoms with Crippen molar-refractivity contribution in [2.45, 2.75) is 31.6 Å². The van der Waals surface area contributed by atoms with Gasteiger partial charge in [0.25, 0.3) is 0 Å². The molecule has 2 aromatic carbocycles. The second kappa shape index (κ2) is 8.02. The van der Waals surface area contributed by atoms with Crippen LogP contribution in [0.4, 0.5) is 5.69 Å². The average molecular weight is 451 g/mol. The lowest BCUT2D eigenvalue weighted by Gasteiger charge is -2.38. The molecule has 1 unspecified atom stereocenters. The smallest absolute Gasteiger partial charge is 0.232 e. The third kappa shape index (κ3) is 3.54. The zero-order chi connectivity index (χ0) is 20.7. The van der Waals surface area contributed by atoms with Crippen LogP contribution in [-0.4, -0.2) is 18.8 Å². The predicted molar refractivity (Wildman–Crippen MR) is 115 cm³/mol. The summed E-state index contributed by atoms with van der Waals surface area (Å²) in [6.45, 7) is 0. The van der Waals surface area contributed by atoms with Gasteiger partial charge in [-0.3, -0.25) is 14.5 Å². The number of carbonyl (C=O) groups is 2. The largest absolute Gasteiger partial charge is 0.495 e. The first-order chi connectivity index (χ1) is 13.9. The molecule has 1 atom stereocenters. The van der Waals surface area contributed by atoms with Gasteiger partial charge in [-0.1, -0.05) is 46.9 Å². The van der Waals surface area contributed by atoms with E-state index in [9.17, 15) is 9.59 Å². The Morgan fingerprint density at radius 3 is 2.55 bits per heavy atom. The predicted octanol–water partition coefficient (Wildman–Crippen LogP) is 6.18. The molecule has 4 rings (SSSR count). The summed E-state index contributed by atoms with van der Waals surface area (Å²) in [6, 6.07) is 10.5. The van der Waals surface area contributed by atoms with Crippen molar-refractivity contribution in [2.24, 2.45) is 0 Å². The number of amides is 1. The van der Waals surface area contributed by atoms with E-state index in [1.54, 1.807) is 35.2 Å². The van der Waals surface area contributed by atoms with Crippen LogP contribution in [0.15, 0.2) is 47.7 Å². The normalized spacial score (nSPS) is 19.4. The zero-order valence-corrected chi connectivity index (χ0v) is 17.9. The third-order valence-electron chi connectivity index (χ3n) is 5.43. The lowest BCUT2D eigenvalue weighted by atomic mass is 9.77. The molecule has 2 aromatic rings. The summed E-state index contributed by atoms with van der Waals surface area (Å²) < 4.78 is 5.21. The summed E-state index contributed by atoms with van der Waals surface area (Å²) in [4.78, 5) is 27.8. The number of rotatable bonds is 3. The zero-order valence-electron chi connectivity index (χ0n) is 15.7. The van der Waals surface area contributed by atoms with Crippen LogP contribution < -0.4 is 9.64 Å². The number of hydrogen-bond acceptors (Lipinski definition) is 3. The molecule has 0 saturated heterocycles. The van der Waals surface area contributed by atoms with Gasteiger partial charge in [-0.2, -0.15) is 0 Å². The number of ether oxygens (including phenoxy) is 1. The molecule has 150 valence electrons. The summed E-state index contributed by atoms with van der Waals surface area (Å²) in [5.41, 5.74) is 2.70. The number of methoxy groups -OCH3 is 1. The Bertz CT molecular complexity index is 1050. The number of anilines is 1. The van der Waals surface area contributed by atoms with Crippen molar-refractivity contribution < 1.29 is 14.3 Å². The van der Waals surface area contributed by atoms with Crippen molar-refractivity contribution in [3.05, 3.63) is 68.3 Å². The van der Waals surface area contributed by atoms with Gasteiger partial charge in [0.15, 0.2) is 5.78 Å². The minimum absolute atomic E-state index is 0.0457. The van der Waals surface area contributed by atoms with Crippen molar-refractivity contribution in [1.29, 1.82) is 0 Å². The molecule has 0 fully saturated rings. The average Bonchev–Trinajstić information content (AvgIpc) is 2.69. The van der Waals surface area contributed by atoms with E-state index in [1.165, 1.54) is 7.11 Å². The van der Waals surface area contributed by atoms with Gasteiger partial charge >= 0.3 is 0 Å². The van der Waals surface area contributed by atoms with Crippen molar-refractivity contribution in [1.82, 2.24) is 0 Å². The van der Waals surface area contributed by atoms with E-state index in [-0.39, 0.29) is 18.1 Å². The van der Waals surface area contributed by atoms with Gasteiger partial charge in [-0.15, -0.1) is 0 Å². The van der Waals surface area contributed by atoms with E-state index in [1.807, 2.05) is 6.07 Å². The van der Waals surface area contributed by atoms with E-state index in [4.69, 9.17) is 39.5 Å². The topological polar surface area (TPSA) is 46.6 Å². The Kier molecular flexibility index (Phi) is 5.60. The highest BCUT2D eigenvalue weighted by molar-refractivity contribution is 6.42. The minimum Gasteiger partial charge on any atom is -0.495 e. The van der Waals surface area contributed by atoms with Crippen LogP contribution in [-0.2, 0) is 9.59 Å². The lowest BCUT2D eigenvalue weighted by Crippen LogP contribution is -2.40. The molecule has 4 nitrogen and oxygen atoms in total. The van der Waals surface area contributed by atoms with Crippen LogP contribution >= 0.6 is 34.8 Å². The van der Waals surface area contributed by atoms with Crippen LogP contribution in [0, 0.1) is 0 Å². The Balaban J connectivity index is 1.87. The fourth-order valence-corrected chi connectivity index (χ4v) is 4.83. The number of ketones is 1. The first kappa shape index (κ1) is 20.3. The Hall–Kier alpha value is -2.01. The standard InChI is InChI=1S/C22H18Cl3NO3/c1-29-19-9-8-12(10-16(19)24)26-17-6-3-7-18(27)21(17)14(11-20(26)28)13-4-2-5-15(23)22(13)25/h2,4-5,8-10,14H,3,6-7,11H2,1H3. The maximum Gasteiger partial charge on any atom is 0.232 e. The number of allylic oxidation sites excluding steroid dienone is 2. The molecule has 0 aromatic heterocycles. The SMILES string of the molecule is COc1ccc(N2C(=O)CC(c3cccc(Cl)c3Cl)C3=C2CCCC3=O)cc1Cl. The molecular formula is C22H18Cl3NO3. The number of benzene rings is 2. The van der Waals surface area contributed by atoms with Gasteiger partial charge in [-0.25, -0.2) is 0 Å². The van der Waals surface area contributed by atoms with Crippen LogP contribution in [0.3, 0.4) is 0 Å². The summed E-state index contributed by atoms with van der Waals surface area (Å²) in [5.74, 6) is 0.0592. The van der Waals surface area contributed by atoms with Crippen LogP contribution in [0.2, 0.25) is 15.1 Å². The molecule has 29 heavy (non-hydrogen) atoms. The second-order valence-corrected chi connectivity index (χ2v) is 8.28. The molecule has 2 aliphatic rings. The minimum atomic E-state index is -0.401. The first-order valence-corrected chi connectivity index (χ1v) is 10.4. The van der Waals surface area contributed by atoms with Gasteiger partial charge in [0, 0.05) is 30.0 Å². The quantitative estimate of drug-likeness (QED) is 0.560. The Morgan fingerprint density at radius 1 is 1.03 bits per heavy atom. The van der Waals surface area contributed by atoms with Crippen LogP contribution in [0.1, 0.15) is 37.2 Å². The second-order valence-electron chi connectivity index (χ2n) is 7.08. The van der Waals surface area contributed by atoms with E-state index < -0.39 is 5.92 Å². The van der Waals surface area contributed by atoms with Gasteiger partial charge in [0.2, 0.25) is 5.91 Å². The molecule has 0 radical (unpaired) electrons. The van der Waals surface area contributed by atoms with E-state index in [0.717, 1.165) is 5.70 Å². The Morgan fingerprint density at radius 2 is 1.83 bits per heavy atom. The van der Waals surface area contributed by atoms with E-state index >= 15 is 0 Å². The molecule has 0 saturated carbocycles. The molecule has 1 aliphatic carbocycles. The first-order valence-electron chi connectivity index (χ1n) is 9.29. The lowest BCUT2D eigenvalue weighted by molar-refractivity contribution is -0.119. The highest BCUT2D eigenvalue weighted by atomic mass is 35.5. The van der Waals surface area contributed by atoms with Crippen molar-refractivity contribution >= 4 is 52.2 Å². The maximum atomic E-state index is 13.2. The maximum absolute atomic E-state index is 13.2. The molecule has 1 amide bonds. The summed E-state index contributed by atoms with van der Waals surface area (Å²) in [7, 11) is 1.53. The molecule has 0 spiro atoms. The molecule has 0 bridgehead atoms. The van der Waals surface area contributed by atoms with E-state index in [2.05, 4.69) is 0 Å². The number of Topliss-reactive ketones (excluding diaryl/α,β-unsaturated/α-hetero) is 1. The van der Waals surface area contributed by atoms with Gasteiger partial charge in [0.1, 0.15) is 5.75 Å². The molecule has 7 heteroatoms. The number of nitrogens with zero attached hydrogens (tertiary/aromatic N) is 1. The Labute approximate surface area is 184 Å². The number of hydrogen-bond donors (Lipinski definition) is 0. The highest BCUT2D eigenvalue weighted by Crippen LogP contribution is 2.46. The molecule has 0 N–H and O–H groups in total. The van der Waals surface area contributed by atoms with Crippen molar-refractivity contribution in [3.63, 3.8) is 0 Å². The van der Waals surface area contributed by atoms with Gasteiger partial charge in [0.05, 0.1) is 27.9 Å². The molecule has 1 aliphatic heterocycles. The van der Waals surface area contributed by atoms with Gasteiger partial charge in [-0.05, 0) is 42.7 Å². The summed E-state index contributed by atoms with van der Waals surface area (Å²) in [5, 5.41) is 1.20. The monoisotopic (exact) mass is 449 g/mol. The highest BCUT2D eigenvalue weighted by Gasteiger charge is 2.40. The van der Waals surface area contributed by atoms with Crippen molar-refractivity contribution in [2.75, 3.05) is 12.0 Å². The number of carbonyl (C=O) groups excluding carboxylic acids is 2. The van der Waals surface area contributed by atoms with Crippen LogP contribution in [0.5, 0.6) is 5.75 Å². The van der Waals surface area contributed by atoms with Crippen LogP contribution in [0.25, 0.3) is 0 Å².